The van der Waals surface area contributed by atoms with Crippen LogP contribution in [-0.2, 0) is 28.6 Å². The van der Waals surface area contributed by atoms with Crippen LogP contribution in [0.3, 0.4) is 0 Å². The van der Waals surface area contributed by atoms with Gasteiger partial charge in [-0.15, -0.1) is 0 Å². The van der Waals surface area contributed by atoms with Crippen molar-refractivity contribution in [3.05, 3.63) is 0 Å². The van der Waals surface area contributed by atoms with Gasteiger partial charge >= 0.3 is 17.9 Å². The van der Waals surface area contributed by atoms with Crippen LogP contribution in [0.15, 0.2) is 0 Å². The van der Waals surface area contributed by atoms with Gasteiger partial charge in [0, 0.05) is 19.3 Å². The van der Waals surface area contributed by atoms with Crippen molar-refractivity contribution in [3.8, 4) is 0 Å². The largest absolute Gasteiger partial charge is 0.462 e. The minimum Gasteiger partial charge on any atom is -0.462 e. The molecule has 0 aromatic carbocycles. The summed E-state index contributed by atoms with van der Waals surface area (Å²) in [5.41, 5.74) is 0. The summed E-state index contributed by atoms with van der Waals surface area (Å²) in [6, 6.07) is 0. The van der Waals surface area contributed by atoms with Gasteiger partial charge in [-0.2, -0.15) is 0 Å². The second kappa shape index (κ2) is 43.1. The van der Waals surface area contributed by atoms with E-state index in [1.165, 1.54) is 167 Å². The molecular weight excluding hydrogens is 661 g/mol. The summed E-state index contributed by atoms with van der Waals surface area (Å²) >= 11 is 0. The predicted molar refractivity (Wildman–Crippen MR) is 224 cm³/mol. The molecule has 0 spiro atoms. The van der Waals surface area contributed by atoms with Crippen molar-refractivity contribution in [1.82, 2.24) is 0 Å². The van der Waals surface area contributed by atoms with Crippen LogP contribution < -0.4 is 0 Å². The molecule has 0 saturated heterocycles. The quantitative estimate of drug-likeness (QED) is 0.0351. The van der Waals surface area contributed by atoms with Crippen LogP contribution in [0, 0.1) is 0 Å². The summed E-state index contributed by atoms with van der Waals surface area (Å²) in [6.07, 6.45) is 43.8. The fraction of sp³-hybridized carbons (Fsp3) is 0.936. The summed E-state index contributed by atoms with van der Waals surface area (Å²) in [5, 5.41) is 0. The van der Waals surface area contributed by atoms with E-state index in [0.29, 0.717) is 19.3 Å². The van der Waals surface area contributed by atoms with Crippen molar-refractivity contribution < 1.29 is 28.6 Å². The van der Waals surface area contributed by atoms with Gasteiger partial charge in [0.15, 0.2) is 6.10 Å². The van der Waals surface area contributed by atoms with Gasteiger partial charge in [0.25, 0.3) is 0 Å². The van der Waals surface area contributed by atoms with E-state index in [2.05, 4.69) is 20.8 Å². The van der Waals surface area contributed by atoms with Gasteiger partial charge in [0.05, 0.1) is 0 Å². The normalized spacial score (nSPS) is 11.8. The van der Waals surface area contributed by atoms with Gasteiger partial charge in [0.2, 0.25) is 0 Å². The van der Waals surface area contributed by atoms with Crippen LogP contribution in [0.2, 0.25) is 0 Å². The first-order valence-electron chi connectivity index (χ1n) is 23.5. The molecule has 0 heterocycles. The number of hydrogen-bond acceptors (Lipinski definition) is 6. The Balaban J connectivity index is 4.23. The molecular formula is C47H90O6. The third-order valence-electron chi connectivity index (χ3n) is 10.6. The lowest BCUT2D eigenvalue weighted by molar-refractivity contribution is -0.167. The Morgan fingerprint density at radius 1 is 0.302 bits per heavy atom. The van der Waals surface area contributed by atoms with Crippen LogP contribution in [0.25, 0.3) is 0 Å². The Labute approximate surface area is 329 Å². The maximum Gasteiger partial charge on any atom is 0.306 e. The zero-order chi connectivity index (χ0) is 38.7. The molecule has 314 valence electrons. The fourth-order valence-electron chi connectivity index (χ4n) is 7.03. The Hall–Kier alpha value is -1.59. The summed E-state index contributed by atoms with van der Waals surface area (Å²) in [7, 11) is 0. The van der Waals surface area contributed by atoms with Crippen molar-refractivity contribution in [2.75, 3.05) is 13.2 Å². The predicted octanol–water partition coefficient (Wildman–Crippen LogP) is 14.9. The Morgan fingerprint density at radius 2 is 0.509 bits per heavy atom. The van der Waals surface area contributed by atoms with Crippen LogP contribution >= 0.6 is 0 Å². The highest BCUT2D eigenvalue weighted by Gasteiger charge is 2.19. The summed E-state index contributed by atoms with van der Waals surface area (Å²) in [6.45, 7) is 6.62. The van der Waals surface area contributed by atoms with Gasteiger partial charge in [-0.1, -0.05) is 226 Å². The number of esters is 3. The molecule has 6 heteroatoms. The van der Waals surface area contributed by atoms with Crippen LogP contribution in [0.1, 0.15) is 265 Å². The van der Waals surface area contributed by atoms with E-state index in [-0.39, 0.29) is 31.1 Å². The zero-order valence-electron chi connectivity index (χ0n) is 35.8. The Kier molecular flexibility index (Phi) is 41.8. The fourth-order valence-corrected chi connectivity index (χ4v) is 7.03. The van der Waals surface area contributed by atoms with Crippen molar-refractivity contribution in [1.29, 1.82) is 0 Å². The third-order valence-corrected chi connectivity index (χ3v) is 10.6. The smallest absolute Gasteiger partial charge is 0.306 e. The molecule has 0 aliphatic rings. The van der Waals surface area contributed by atoms with E-state index >= 15 is 0 Å². The third kappa shape index (κ3) is 41.4. The number of carbonyl (C=O) groups excluding carboxylic acids is 3. The van der Waals surface area contributed by atoms with Gasteiger partial charge in [-0.25, -0.2) is 0 Å². The van der Waals surface area contributed by atoms with Crippen molar-refractivity contribution in [2.24, 2.45) is 0 Å². The number of rotatable bonds is 43. The van der Waals surface area contributed by atoms with E-state index in [1.54, 1.807) is 0 Å². The zero-order valence-corrected chi connectivity index (χ0v) is 35.8. The number of hydrogen-bond donors (Lipinski definition) is 0. The highest BCUT2D eigenvalue weighted by atomic mass is 16.6. The molecule has 0 radical (unpaired) electrons. The lowest BCUT2D eigenvalue weighted by Gasteiger charge is -2.18. The monoisotopic (exact) mass is 751 g/mol. The molecule has 0 rings (SSSR count). The average Bonchev–Trinajstić information content (AvgIpc) is 3.15. The van der Waals surface area contributed by atoms with Crippen molar-refractivity contribution in [2.45, 2.75) is 271 Å². The van der Waals surface area contributed by atoms with Crippen LogP contribution in [0.4, 0.5) is 0 Å². The van der Waals surface area contributed by atoms with Crippen LogP contribution in [0.5, 0.6) is 0 Å². The lowest BCUT2D eigenvalue weighted by Crippen LogP contribution is -2.30. The first-order valence-corrected chi connectivity index (χ1v) is 23.5. The second-order valence-corrected chi connectivity index (χ2v) is 16.0. The molecule has 0 aromatic rings. The van der Waals surface area contributed by atoms with Crippen LogP contribution in [-0.4, -0.2) is 37.2 Å². The van der Waals surface area contributed by atoms with Crippen molar-refractivity contribution >= 4 is 17.9 Å². The second-order valence-electron chi connectivity index (χ2n) is 16.0. The summed E-state index contributed by atoms with van der Waals surface area (Å²) in [4.78, 5) is 37.6. The lowest BCUT2D eigenvalue weighted by atomic mass is 10.0. The molecule has 0 saturated carbocycles. The topological polar surface area (TPSA) is 78.9 Å². The molecule has 6 nitrogen and oxygen atoms in total. The molecule has 0 bridgehead atoms. The minimum absolute atomic E-state index is 0.0629. The Morgan fingerprint density at radius 3 is 0.755 bits per heavy atom. The molecule has 0 fully saturated rings. The van der Waals surface area contributed by atoms with Crippen molar-refractivity contribution in [3.63, 3.8) is 0 Å². The maximum atomic E-state index is 12.7. The molecule has 0 amide bonds. The SMILES string of the molecule is CCCCCCCCCCCCCCCCCC(=O)OC[C@@H](COC(=O)CCCCCCCCC)OC(=O)CCCCCCCCCCCCCCC. The molecule has 0 unspecified atom stereocenters. The molecule has 0 aromatic heterocycles. The highest BCUT2D eigenvalue weighted by molar-refractivity contribution is 5.71. The highest BCUT2D eigenvalue weighted by Crippen LogP contribution is 2.16. The van der Waals surface area contributed by atoms with Gasteiger partial charge in [-0.05, 0) is 19.3 Å². The number of unbranched alkanes of at least 4 members (excludes halogenated alkanes) is 32. The first kappa shape index (κ1) is 51.4. The average molecular weight is 751 g/mol. The molecule has 53 heavy (non-hydrogen) atoms. The van der Waals surface area contributed by atoms with Gasteiger partial charge < -0.3 is 14.2 Å². The maximum absolute atomic E-state index is 12.7. The standard InChI is InChI=1S/C47H90O6/c1-4-7-10-13-16-18-20-22-23-25-26-28-31-34-37-40-46(49)52-43-44(42-51-45(48)39-36-33-30-15-12-9-6-3)53-47(50)41-38-35-32-29-27-24-21-19-17-14-11-8-5-2/h44H,4-43H2,1-3H3/t44-/m1/s1. The van der Waals surface area contributed by atoms with E-state index < -0.39 is 6.10 Å². The van der Waals surface area contributed by atoms with E-state index in [4.69, 9.17) is 14.2 Å². The van der Waals surface area contributed by atoms with E-state index in [0.717, 1.165) is 57.8 Å². The Bertz CT molecular complexity index is 783. The molecule has 0 aliphatic heterocycles. The van der Waals surface area contributed by atoms with Gasteiger partial charge in [-0.3, -0.25) is 14.4 Å². The number of ether oxygens (including phenoxy) is 3. The minimum atomic E-state index is -0.757. The first-order chi connectivity index (χ1) is 26.0. The van der Waals surface area contributed by atoms with Gasteiger partial charge in [0.1, 0.15) is 13.2 Å². The van der Waals surface area contributed by atoms with E-state index in [1.807, 2.05) is 0 Å². The molecule has 0 aliphatic carbocycles. The molecule has 1 atom stereocenters. The summed E-state index contributed by atoms with van der Waals surface area (Å²) < 4.78 is 16.7. The number of carbonyl (C=O) groups is 3. The summed E-state index contributed by atoms with van der Waals surface area (Å²) in [5.74, 6) is -0.855. The molecule has 0 N–H and O–H groups in total. The van der Waals surface area contributed by atoms with E-state index in [9.17, 15) is 14.4 Å².